The van der Waals surface area contributed by atoms with Gasteiger partial charge >= 0.3 is 5.97 Å². The molecule has 2 N–H and O–H groups in total. The lowest BCUT2D eigenvalue weighted by molar-refractivity contribution is -0.153. The minimum Gasteiger partial charge on any atom is -0.441 e. The Balaban J connectivity index is 1.42. The number of hydrogen-bond acceptors (Lipinski definition) is 9. The van der Waals surface area contributed by atoms with Crippen molar-refractivity contribution in [1.29, 1.82) is 0 Å². The second-order valence-corrected chi connectivity index (χ2v) is 16.3. The fraction of sp³-hybridized carbons (Fsp3) is 0.452. The number of anilines is 3. The minimum absolute atomic E-state index is 0.0249. The Labute approximate surface area is 256 Å². The summed E-state index contributed by atoms with van der Waals surface area (Å²) in [6.45, 7) is 7.42. The molecule has 1 aromatic heterocycles. The van der Waals surface area contributed by atoms with Crippen LogP contribution in [0.25, 0.3) is 0 Å². The number of aliphatic hydroxyl groups is 1. The van der Waals surface area contributed by atoms with Crippen LogP contribution >= 0.6 is 0 Å². The van der Waals surface area contributed by atoms with Crippen molar-refractivity contribution >= 4 is 43.2 Å². The molecule has 2 saturated heterocycles. The molecule has 232 valence electrons. The van der Waals surface area contributed by atoms with Crippen molar-refractivity contribution < 1.29 is 33.8 Å². The van der Waals surface area contributed by atoms with Gasteiger partial charge < -0.3 is 19.4 Å². The van der Waals surface area contributed by atoms with Gasteiger partial charge in [0.1, 0.15) is 0 Å². The number of carbonyl (C=O) groups excluding carboxylic acids is 3. The molecule has 0 bridgehead atoms. The number of nitrogens with zero attached hydrogens (tertiary/aromatic N) is 5. The molecular formula is C31H37N5O7Si. The lowest BCUT2D eigenvalue weighted by Gasteiger charge is -2.39. The molecule has 5 atom stereocenters. The van der Waals surface area contributed by atoms with Gasteiger partial charge in [-0.2, -0.15) is 0 Å². The average molecular weight is 620 g/mol. The monoisotopic (exact) mass is 619 g/mol. The van der Waals surface area contributed by atoms with Gasteiger partial charge in [0.15, 0.2) is 20.1 Å². The van der Waals surface area contributed by atoms with Crippen LogP contribution in [0.1, 0.15) is 37.9 Å². The van der Waals surface area contributed by atoms with Gasteiger partial charge in [0, 0.05) is 61.1 Å². The predicted octanol–water partition coefficient (Wildman–Crippen LogP) is 3.01. The summed E-state index contributed by atoms with van der Waals surface area (Å²) in [4.78, 5) is 53.8. The molecule has 2 aromatic carbocycles. The number of aromatic nitrogens is 3. The number of rotatable bonds is 9. The van der Waals surface area contributed by atoms with E-state index in [2.05, 4.69) is 10.3 Å². The number of hydrogen-bond donors (Lipinski definition) is 2. The van der Waals surface area contributed by atoms with Crippen molar-refractivity contribution in [2.24, 2.45) is 5.92 Å². The molecule has 0 radical (unpaired) electrons. The summed E-state index contributed by atoms with van der Waals surface area (Å²) in [7, 11) is -2.91. The molecule has 6 rings (SSSR count). The third-order valence-corrected chi connectivity index (χ3v) is 11.5. The molecule has 2 amide bonds. The van der Waals surface area contributed by atoms with E-state index in [1.165, 1.54) is 11.8 Å². The van der Waals surface area contributed by atoms with Gasteiger partial charge in [0.2, 0.25) is 5.91 Å². The van der Waals surface area contributed by atoms with E-state index in [1.54, 1.807) is 34.0 Å². The lowest BCUT2D eigenvalue weighted by Crippen LogP contribution is -2.55. The van der Waals surface area contributed by atoms with E-state index in [0.29, 0.717) is 47.7 Å². The van der Waals surface area contributed by atoms with Gasteiger partial charge in [-0.3, -0.25) is 28.9 Å². The van der Waals surface area contributed by atoms with Crippen LogP contribution in [0.4, 0.5) is 17.1 Å². The van der Waals surface area contributed by atoms with E-state index < -0.39 is 38.1 Å². The van der Waals surface area contributed by atoms with Crippen molar-refractivity contribution in [2.75, 3.05) is 16.4 Å². The number of fused-ring (bicyclic) bond motifs is 2. The van der Waals surface area contributed by atoms with Gasteiger partial charge in [-0.1, -0.05) is 30.3 Å². The molecule has 3 aromatic rings. The molecule has 0 aliphatic carbocycles. The third-order valence-electron chi connectivity index (χ3n) is 8.97. The van der Waals surface area contributed by atoms with Gasteiger partial charge in [0.05, 0.1) is 23.9 Å². The van der Waals surface area contributed by atoms with E-state index >= 15 is 0 Å². The van der Waals surface area contributed by atoms with Crippen molar-refractivity contribution in [1.82, 2.24) is 15.0 Å². The Morgan fingerprint density at radius 1 is 1.16 bits per heavy atom. The zero-order valence-electron chi connectivity index (χ0n) is 25.2. The summed E-state index contributed by atoms with van der Waals surface area (Å²) in [5.41, 5.74) is 1.36. The maximum Gasteiger partial charge on any atom is 0.304 e. The molecule has 1 unspecified atom stereocenters. The largest absolute Gasteiger partial charge is 0.441 e. The Morgan fingerprint density at radius 3 is 2.57 bits per heavy atom. The second kappa shape index (κ2) is 11.2. The molecule has 13 heteroatoms. The zero-order valence-corrected chi connectivity index (χ0v) is 26.2. The maximum absolute atomic E-state index is 14.7. The summed E-state index contributed by atoms with van der Waals surface area (Å²) in [6.07, 6.45) is 1.55. The number of benzene rings is 2. The Morgan fingerprint density at radius 2 is 1.91 bits per heavy atom. The zero-order chi connectivity index (χ0) is 31.4. The number of esters is 1. The number of para-hydroxylation sites is 1. The van der Waals surface area contributed by atoms with Gasteiger partial charge in [-0.15, -0.1) is 5.10 Å². The van der Waals surface area contributed by atoms with Crippen LogP contribution in [0.2, 0.25) is 18.6 Å². The quantitative estimate of drug-likeness (QED) is 0.210. The average Bonchev–Trinajstić information content (AvgIpc) is 3.61. The van der Waals surface area contributed by atoms with Crippen LogP contribution in [0, 0.1) is 5.92 Å². The highest BCUT2D eigenvalue weighted by atomic mass is 28.4. The summed E-state index contributed by atoms with van der Waals surface area (Å²) in [6, 6.07) is 14.7. The Bertz CT molecular complexity index is 1590. The topological polar surface area (TPSA) is 147 Å². The minimum atomic E-state index is -2.91. The van der Waals surface area contributed by atoms with Gasteiger partial charge in [-0.05, 0) is 49.8 Å². The van der Waals surface area contributed by atoms with Gasteiger partial charge in [0.25, 0.3) is 5.91 Å². The van der Waals surface area contributed by atoms with Crippen LogP contribution in [0.15, 0.2) is 54.7 Å². The molecule has 3 aliphatic heterocycles. The smallest absolute Gasteiger partial charge is 0.304 e. The fourth-order valence-electron chi connectivity index (χ4n) is 7.16. The van der Waals surface area contributed by atoms with Crippen LogP contribution in [-0.4, -0.2) is 69.9 Å². The SMILES string of the molecule is CC(=O)OC1CC(=O)N1c1ccc2c(c1)[C@@]1(O[C@H](CCn3cc(CCO)nn3)[C@@H]([Si](C)(C)O)[C@@H]1C)C(=O)N2c1ccccc1. The highest BCUT2D eigenvalue weighted by Crippen LogP contribution is 2.61. The molecule has 3 aliphatic rings. The van der Waals surface area contributed by atoms with Gasteiger partial charge in [-0.25, -0.2) is 0 Å². The van der Waals surface area contributed by atoms with Crippen molar-refractivity contribution in [3.05, 3.63) is 66.0 Å². The first-order valence-corrected chi connectivity index (χ1v) is 17.9. The molecule has 12 nitrogen and oxygen atoms in total. The molecule has 1 spiro atoms. The number of β-lactam (4-membered cyclic amide) rings is 1. The first kappa shape index (κ1) is 30.1. The first-order valence-electron chi connectivity index (χ1n) is 14.9. The highest BCUT2D eigenvalue weighted by Gasteiger charge is 2.66. The van der Waals surface area contributed by atoms with Crippen LogP contribution < -0.4 is 9.80 Å². The summed E-state index contributed by atoms with van der Waals surface area (Å²) >= 11 is 0. The normalized spacial score (nSPS) is 26.3. The standard InChI is InChI=1S/C31H37N5O7Si/c1-19-29(44(3,4)41)26(12-14-34-18-21(13-15-37)32-33-34)43-31(19)24-16-23(36-27(39)17-28(36)42-20(2)38)10-11-25(24)35(30(31)40)22-8-6-5-7-9-22/h5-11,16,18-19,26,28-29,37,41H,12-15,17H2,1-4H3/t19-,26+,28?,29-,31+/m0/s1. The molecule has 2 fully saturated rings. The van der Waals surface area contributed by atoms with Crippen molar-refractivity contribution in [3.63, 3.8) is 0 Å². The van der Waals surface area contributed by atoms with E-state index in [0.717, 1.165) is 0 Å². The first-order chi connectivity index (χ1) is 21.0. The number of carbonyl (C=O) groups is 3. The fourth-order valence-corrected chi connectivity index (χ4v) is 9.77. The summed E-state index contributed by atoms with van der Waals surface area (Å²) in [5, 5.41) is 17.5. The van der Waals surface area contributed by atoms with E-state index in [1.807, 2.05) is 50.3 Å². The Hall–Kier alpha value is -3.91. The molecule has 0 saturated carbocycles. The van der Waals surface area contributed by atoms with E-state index in [4.69, 9.17) is 9.47 Å². The van der Waals surface area contributed by atoms with E-state index in [9.17, 15) is 24.3 Å². The molecular weight excluding hydrogens is 582 g/mol. The number of aliphatic hydroxyl groups excluding tert-OH is 1. The predicted molar refractivity (Wildman–Crippen MR) is 162 cm³/mol. The van der Waals surface area contributed by atoms with Crippen molar-refractivity contribution in [3.8, 4) is 0 Å². The van der Waals surface area contributed by atoms with Crippen LogP contribution in [0.5, 0.6) is 0 Å². The lowest BCUT2D eigenvalue weighted by atomic mass is 9.82. The number of ether oxygens (including phenoxy) is 2. The maximum atomic E-state index is 14.7. The highest BCUT2D eigenvalue weighted by molar-refractivity contribution is 6.71. The molecule has 4 heterocycles. The number of aryl methyl sites for hydroxylation is 1. The third kappa shape index (κ3) is 4.93. The number of amides is 2. The second-order valence-electron chi connectivity index (χ2n) is 12.3. The summed E-state index contributed by atoms with van der Waals surface area (Å²) < 4.78 is 14.0. The van der Waals surface area contributed by atoms with Crippen LogP contribution in [0.3, 0.4) is 0 Å². The van der Waals surface area contributed by atoms with Crippen LogP contribution in [-0.2, 0) is 42.4 Å². The Kier molecular flexibility index (Phi) is 7.68. The molecule has 44 heavy (non-hydrogen) atoms. The van der Waals surface area contributed by atoms with Crippen molar-refractivity contribution in [2.45, 2.75) is 76.2 Å². The summed E-state index contributed by atoms with van der Waals surface area (Å²) in [5.74, 6) is -1.35. The van der Waals surface area contributed by atoms with E-state index in [-0.39, 0.29) is 30.4 Å².